The highest BCUT2D eigenvalue weighted by molar-refractivity contribution is 7.98. The molecular formula is C10H11N5S. The normalized spacial score (nSPS) is 10.1. The summed E-state index contributed by atoms with van der Waals surface area (Å²) in [6.45, 7) is 0. The number of thioether (sulfide) groups is 1. The van der Waals surface area contributed by atoms with Crippen LogP contribution in [0.15, 0.2) is 41.8 Å². The van der Waals surface area contributed by atoms with Gasteiger partial charge in [-0.3, -0.25) is 0 Å². The van der Waals surface area contributed by atoms with E-state index in [9.17, 15) is 0 Å². The van der Waals surface area contributed by atoms with Gasteiger partial charge < -0.3 is 5.43 Å². The second-order valence-corrected chi connectivity index (χ2v) is 3.92. The largest absolute Gasteiger partial charge is 0.308 e. The average molecular weight is 233 g/mol. The van der Waals surface area contributed by atoms with Crippen molar-refractivity contribution in [3.8, 4) is 0 Å². The lowest BCUT2D eigenvalue weighted by molar-refractivity contribution is 0.964. The Labute approximate surface area is 97.5 Å². The van der Waals surface area contributed by atoms with Crippen LogP contribution >= 0.6 is 11.8 Å². The zero-order valence-electron chi connectivity index (χ0n) is 8.50. The number of nitrogens with one attached hydrogen (secondary N) is 1. The highest BCUT2D eigenvalue weighted by Crippen LogP contribution is 2.17. The summed E-state index contributed by atoms with van der Waals surface area (Å²) < 4.78 is 0. The number of rotatable bonds is 4. The number of aromatic nitrogens is 3. The number of hydrogen-bond donors (Lipinski definition) is 2. The number of hydrogen-bond acceptors (Lipinski definition) is 6. The molecule has 2 aromatic rings. The fourth-order valence-electron chi connectivity index (χ4n) is 1.14. The van der Waals surface area contributed by atoms with Crippen molar-refractivity contribution in [1.29, 1.82) is 0 Å². The molecule has 2 aromatic heterocycles. The molecule has 0 aliphatic heterocycles. The van der Waals surface area contributed by atoms with Gasteiger partial charge in [-0.05, 0) is 18.2 Å². The minimum absolute atomic E-state index is 0.659. The standard InChI is InChI=1S/C10H11N5S/c11-15-9-4-1-3-8(14-9)7-16-10-12-5-2-6-13-10/h1-6H,7,11H2,(H,14,15). The molecule has 82 valence electrons. The molecule has 0 spiro atoms. The van der Waals surface area contributed by atoms with E-state index in [1.54, 1.807) is 18.5 Å². The first-order chi connectivity index (χ1) is 7.88. The molecule has 6 heteroatoms. The molecule has 0 amide bonds. The van der Waals surface area contributed by atoms with Crippen LogP contribution in [0, 0.1) is 0 Å². The Morgan fingerprint density at radius 2 is 2.00 bits per heavy atom. The predicted molar refractivity (Wildman–Crippen MR) is 63.6 cm³/mol. The maximum absolute atomic E-state index is 5.28. The van der Waals surface area contributed by atoms with Crippen LogP contribution in [0.1, 0.15) is 5.69 Å². The van der Waals surface area contributed by atoms with Crippen molar-refractivity contribution in [3.05, 3.63) is 42.4 Å². The van der Waals surface area contributed by atoms with E-state index in [2.05, 4.69) is 20.4 Å². The third kappa shape index (κ3) is 2.91. The maximum Gasteiger partial charge on any atom is 0.187 e. The van der Waals surface area contributed by atoms with Crippen LogP contribution in [0.25, 0.3) is 0 Å². The zero-order valence-corrected chi connectivity index (χ0v) is 9.31. The summed E-state index contributed by atoms with van der Waals surface area (Å²) in [5.41, 5.74) is 3.45. The second-order valence-electron chi connectivity index (χ2n) is 2.98. The lowest BCUT2D eigenvalue weighted by Crippen LogP contribution is -2.08. The number of anilines is 1. The van der Waals surface area contributed by atoms with Crippen LogP contribution in [0.2, 0.25) is 0 Å². The highest BCUT2D eigenvalue weighted by Gasteiger charge is 2.00. The maximum atomic E-state index is 5.28. The summed E-state index contributed by atoms with van der Waals surface area (Å²) in [6.07, 6.45) is 3.45. The lowest BCUT2D eigenvalue weighted by atomic mass is 10.4. The van der Waals surface area contributed by atoms with E-state index in [0.29, 0.717) is 5.82 Å². The van der Waals surface area contributed by atoms with Gasteiger partial charge >= 0.3 is 0 Å². The van der Waals surface area contributed by atoms with Crippen LogP contribution in [0.4, 0.5) is 5.82 Å². The Balaban J connectivity index is 1.99. The van der Waals surface area contributed by atoms with Gasteiger partial charge in [0.1, 0.15) is 5.82 Å². The van der Waals surface area contributed by atoms with Crippen molar-refractivity contribution in [2.45, 2.75) is 10.9 Å². The van der Waals surface area contributed by atoms with E-state index >= 15 is 0 Å². The molecule has 0 saturated carbocycles. The molecule has 16 heavy (non-hydrogen) atoms. The van der Waals surface area contributed by atoms with Gasteiger partial charge in [0, 0.05) is 18.1 Å². The summed E-state index contributed by atoms with van der Waals surface area (Å²) in [4.78, 5) is 12.5. The van der Waals surface area contributed by atoms with E-state index in [1.165, 1.54) is 11.8 Å². The Bertz CT molecular complexity index is 448. The molecule has 0 fully saturated rings. The number of nitrogens with two attached hydrogens (primary N) is 1. The topological polar surface area (TPSA) is 76.7 Å². The van der Waals surface area contributed by atoms with E-state index in [0.717, 1.165) is 16.6 Å². The summed E-state index contributed by atoms with van der Waals surface area (Å²) in [5.74, 6) is 6.66. The molecule has 0 aromatic carbocycles. The smallest absolute Gasteiger partial charge is 0.187 e. The molecule has 0 radical (unpaired) electrons. The molecule has 0 unspecified atom stereocenters. The van der Waals surface area contributed by atoms with Crippen LogP contribution < -0.4 is 11.3 Å². The van der Waals surface area contributed by atoms with Crippen LogP contribution in [-0.2, 0) is 5.75 Å². The van der Waals surface area contributed by atoms with E-state index in [4.69, 9.17) is 5.84 Å². The fraction of sp³-hybridized carbons (Fsp3) is 0.100. The molecule has 0 atom stereocenters. The SMILES string of the molecule is NNc1cccc(CSc2ncccn2)n1. The molecule has 0 saturated heterocycles. The Hall–Kier alpha value is -1.66. The van der Waals surface area contributed by atoms with Gasteiger partial charge in [0.2, 0.25) is 0 Å². The van der Waals surface area contributed by atoms with Gasteiger partial charge in [0.15, 0.2) is 5.16 Å². The van der Waals surface area contributed by atoms with Crippen molar-refractivity contribution in [2.24, 2.45) is 5.84 Å². The summed E-state index contributed by atoms with van der Waals surface area (Å²) in [7, 11) is 0. The van der Waals surface area contributed by atoms with Crippen molar-refractivity contribution < 1.29 is 0 Å². The second kappa shape index (κ2) is 5.43. The zero-order chi connectivity index (χ0) is 11.2. The van der Waals surface area contributed by atoms with Gasteiger partial charge in [-0.2, -0.15) is 0 Å². The molecular weight excluding hydrogens is 222 g/mol. The van der Waals surface area contributed by atoms with Crippen molar-refractivity contribution in [1.82, 2.24) is 15.0 Å². The summed E-state index contributed by atoms with van der Waals surface area (Å²) in [5, 5.41) is 0.746. The molecule has 5 nitrogen and oxygen atoms in total. The van der Waals surface area contributed by atoms with E-state index in [1.807, 2.05) is 18.2 Å². The van der Waals surface area contributed by atoms with Gasteiger partial charge in [-0.1, -0.05) is 17.8 Å². The monoisotopic (exact) mass is 233 g/mol. The van der Waals surface area contributed by atoms with Crippen LogP contribution in [-0.4, -0.2) is 15.0 Å². The van der Waals surface area contributed by atoms with Crippen molar-refractivity contribution >= 4 is 17.6 Å². The van der Waals surface area contributed by atoms with E-state index < -0.39 is 0 Å². The Kier molecular flexibility index (Phi) is 3.68. The fourth-order valence-corrected chi connectivity index (χ4v) is 1.85. The molecule has 0 aliphatic rings. The number of hydrazine groups is 1. The Morgan fingerprint density at radius 3 is 2.75 bits per heavy atom. The third-order valence-corrected chi connectivity index (χ3v) is 2.76. The van der Waals surface area contributed by atoms with Gasteiger partial charge in [-0.25, -0.2) is 20.8 Å². The van der Waals surface area contributed by atoms with Gasteiger partial charge in [0.05, 0.1) is 5.69 Å². The molecule has 0 bridgehead atoms. The minimum Gasteiger partial charge on any atom is -0.308 e. The van der Waals surface area contributed by atoms with Crippen molar-refractivity contribution in [2.75, 3.05) is 5.43 Å². The number of nitrogens with zero attached hydrogens (tertiary/aromatic N) is 3. The Morgan fingerprint density at radius 1 is 1.19 bits per heavy atom. The number of pyridine rings is 1. The van der Waals surface area contributed by atoms with E-state index in [-0.39, 0.29) is 0 Å². The van der Waals surface area contributed by atoms with Crippen LogP contribution in [0.5, 0.6) is 0 Å². The van der Waals surface area contributed by atoms with Gasteiger partial charge in [0.25, 0.3) is 0 Å². The molecule has 2 heterocycles. The first kappa shape index (κ1) is 10.8. The highest BCUT2D eigenvalue weighted by atomic mass is 32.2. The summed E-state index contributed by atoms with van der Waals surface area (Å²) >= 11 is 1.54. The molecule has 2 rings (SSSR count). The minimum atomic E-state index is 0.659. The lowest BCUT2D eigenvalue weighted by Gasteiger charge is -2.02. The first-order valence-electron chi connectivity index (χ1n) is 4.71. The first-order valence-corrected chi connectivity index (χ1v) is 5.69. The quantitative estimate of drug-likeness (QED) is 0.360. The molecule has 0 aliphatic carbocycles. The average Bonchev–Trinajstić information content (AvgIpc) is 2.38. The number of nitrogen functional groups attached to an aromatic ring is 1. The third-order valence-electron chi connectivity index (χ3n) is 1.85. The van der Waals surface area contributed by atoms with Crippen LogP contribution in [0.3, 0.4) is 0 Å². The van der Waals surface area contributed by atoms with Crippen molar-refractivity contribution in [3.63, 3.8) is 0 Å². The molecule has 3 N–H and O–H groups in total. The predicted octanol–water partition coefficient (Wildman–Crippen LogP) is 1.45. The van der Waals surface area contributed by atoms with Gasteiger partial charge in [-0.15, -0.1) is 0 Å². The summed E-state index contributed by atoms with van der Waals surface area (Å²) in [6, 6.07) is 7.45.